The number of piperidine rings is 1. The highest BCUT2D eigenvalue weighted by Gasteiger charge is 2.22. The van der Waals surface area contributed by atoms with E-state index in [9.17, 15) is 4.79 Å². The Morgan fingerprint density at radius 1 is 1.36 bits per heavy atom. The Hall–Kier alpha value is -1.65. The van der Waals surface area contributed by atoms with Gasteiger partial charge in [0.15, 0.2) is 0 Å². The maximum absolute atomic E-state index is 12.0. The van der Waals surface area contributed by atoms with Gasteiger partial charge in [0.2, 0.25) is 0 Å². The third-order valence-electron chi connectivity index (χ3n) is 4.27. The maximum atomic E-state index is 12.0. The van der Waals surface area contributed by atoms with E-state index in [1.165, 1.54) is 19.3 Å². The van der Waals surface area contributed by atoms with Crippen LogP contribution in [0.2, 0.25) is 0 Å². The molecule has 1 aromatic heterocycles. The fourth-order valence-corrected chi connectivity index (χ4v) is 2.88. The molecular weight excluding hydrogens is 276 g/mol. The molecule has 0 bridgehead atoms. The van der Waals surface area contributed by atoms with Gasteiger partial charge in [0, 0.05) is 19.1 Å². The minimum atomic E-state index is -0.134. The number of hydrogen-bond acceptors (Lipinski definition) is 4. The van der Waals surface area contributed by atoms with E-state index in [0.29, 0.717) is 24.2 Å². The van der Waals surface area contributed by atoms with E-state index in [-0.39, 0.29) is 5.91 Å². The Bertz CT molecular complexity index is 472. The van der Waals surface area contributed by atoms with Gasteiger partial charge in [-0.15, -0.1) is 0 Å². The van der Waals surface area contributed by atoms with Crippen molar-refractivity contribution in [3.63, 3.8) is 0 Å². The minimum absolute atomic E-state index is 0.134. The quantitative estimate of drug-likeness (QED) is 0.877. The molecule has 1 atom stereocenters. The molecule has 22 heavy (non-hydrogen) atoms. The molecule has 0 saturated carbocycles. The van der Waals surface area contributed by atoms with Crippen LogP contribution < -0.4 is 10.2 Å². The van der Waals surface area contributed by atoms with E-state index in [0.717, 1.165) is 25.2 Å². The first-order valence-electron chi connectivity index (χ1n) is 8.48. The predicted octanol–water partition coefficient (Wildman–Crippen LogP) is 3.02. The van der Waals surface area contributed by atoms with Gasteiger partial charge in [-0.25, -0.2) is 9.97 Å². The molecule has 1 amide bonds. The lowest BCUT2D eigenvalue weighted by Gasteiger charge is -2.35. The third-order valence-corrected chi connectivity index (χ3v) is 4.27. The van der Waals surface area contributed by atoms with Gasteiger partial charge in [-0.2, -0.15) is 0 Å². The highest BCUT2D eigenvalue weighted by molar-refractivity contribution is 5.91. The summed E-state index contributed by atoms with van der Waals surface area (Å²) >= 11 is 0. The number of amides is 1. The van der Waals surface area contributed by atoms with Crippen LogP contribution in [0, 0.1) is 5.92 Å². The molecule has 122 valence electrons. The first-order valence-corrected chi connectivity index (χ1v) is 8.48. The van der Waals surface area contributed by atoms with E-state index < -0.39 is 0 Å². The largest absolute Gasteiger partial charge is 0.352 e. The summed E-state index contributed by atoms with van der Waals surface area (Å²) in [5.74, 6) is 1.34. The number of carbonyl (C=O) groups is 1. The molecule has 1 N–H and O–H groups in total. The lowest BCUT2D eigenvalue weighted by atomic mass is 10.0. The number of hydrogen-bond donors (Lipinski definition) is 1. The number of rotatable bonds is 6. The molecule has 1 aromatic rings. The van der Waals surface area contributed by atoms with E-state index in [1.54, 1.807) is 12.4 Å². The second-order valence-electron chi connectivity index (χ2n) is 6.45. The number of nitrogens with one attached hydrogen (secondary N) is 1. The zero-order valence-electron chi connectivity index (χ0n) is 14.0. The fourth-order valence-electron chi connectivity index (χ4n) is 2.88. The third kappa shape index (κ3) is 4.42. The molecule has 0 aromatic carbocycles. The zero-order chi connectivity index (χ0) is 15.9. The molecule has 2 rings (SSSR count). The van der Waals surface area contributed by atoms with Gasteiger partial charge in [0.05, 0.1) is 12.4 Å². The van der Waals surface area contributed by atoms with Gasteiger partial charge in [-0.1, -0.05) is 20.8 Å². The molecule has 0 spiro atoms. The summed E-state index contributed by atoms with van der Waals surface area (Å²) in [5, 5.41) is 2.89. The van der Waals surface area contributed by atoms with Crippen molar-refractivity contribution in [1.29, 1.82) is 0 Å². The summed E-state index contributed by atoms with van der Waals surface area (Å²) in [5.41, 5.74) is 0.401. The van der Waals surface area contributed by atoms with Crippen LogP contribution in [0.4, 0.5) is 5.82 Å². The SMILES string of the molecule is CCC1CCCCN1c1cnc(C(=O)NCCC(C)C)cn1. The summed E-state index contributed by atoms with van der Waals surface area (Å²) in [4.78, 5) is 23.1. The van der Waals surface area contributed by atoms with Crippen molar-refractivity contribution in [2.75, 3.05) is 18.0 Å². The van der Waals surface area contributed by atoms with Crippen LogP contribution in [-0.4, -0.2) is 35.0 Å². The van der Waals surface area contributed by atoms with E-state index in [4.69, 9.17) is 0 Å². The monoisotopic (exact) mass is 304 g/mol. The summed E-state index contributed by atoms with van der Waals surface area (Å²) in [6, 6.07) is 0.550. The molecule has 1 unspecified atom stereocenters. The van der Waals surface area contributed by atoms with Crippen LogP contribution >= 0.6 is 0 Å². The highest BCUT2D eigenvalue weighted by atomic mass is 16.1. The van der Waals surface area contributed by atoms with E-state index >= 15 is 0 Å². The minimum Gasteiger partial charge on any atom is -0.352 e. The average molecular weight is 304 g/mol. The smallest absolute Gasteiger partial charge is 0.271 e. The van der Waals surface area contributed by atoms with Crippen molar-refractivity contribution in [3.05, 3.63) is 18.1 Å². The second-order valence-corrected chi connectivity index (χ2v) is 6.45. The van der Waals surface area contributed by atoms with Gasteiger partial charge in [-0.3, -0.25) is 4.79 Å². The Morgan fingerprint density at radius 3 is 2.82 bits per heavy atom. The molecular formula is C17H28N4O. The number of carbonyl (C=O) groups excluding carboxylic acids is 1. The summed E-state index contributed by atoms with van der Waals surface area (Å²) in [7, 11) is 0. The highest BCUT2D eigenvalue weighted by Crippen LogP contribution is 2.24. The molecule has 1 aliphatic heterocycles. The summed E-state index contributed by atoms with van der Waals surface area (Å²) in [6.07, 6.45) is 9.15. The predicted molar refractivity (Wildman–Crippen MR) is 89.1 cm³/mol. The molecule has 0 aliphatic carbocycles. The van der Waals surface area contributed by atoms with Crippen molar-refractivity contribution >= 4 is 11.7 Å². The van der Waals surface area contributed by atoms with Crippen LogP contribution in [0.1, 0.15) is 63.4 Å². The second kappa shape index (κ2) is 8.11. The van der Waals surface area contributed by atoms with Crippen LogP contribution in [-0.2, 0) is 0 Å². The number of aromatic nitrogens is 2. The Morgan fingerprint density at radius 2 is 2.18 bits per heavy atom. The summed E-state index contributed by atoms with van der Waals surface area (Å²) < 4.78 is 0. The zero-order valence-corrected chi connectivity index (χ0v) is 14.0. The van der Waals surface area contributed by atoms with E-state index in [1.807, 2.05) is 0 Å². The van der Waals surface area contributed by atoms with Crippen molar-refractivity contribution in [2.24, 2.45) is 5.92 Å². The number of anilines is 1. The standard InChI is InChI=1S/C17H28N4O/c1-4-14-7-5-6-10-21(14)16-12-19-15(11-20-16)17(22)18-9-8-13(2)3/h11-14H,4-10H2,1-3H3,(H,18,22). The van der Waals surface area contributed by atoms with Crippen molar-refractivity contribution < 1.29 is 4.79 Å². The maximum Gasteiger partial charge on any atom is 0.271 e. The Balaban J connectivity index is 1.95. The van der Waals surface area contributed by atoms with Gasteiger partial charge >= 0.3 is 0 Å². The van der Waals surface area contributed by atoms with Gasteiger partial charge in [0.25, 0.3) is 5.91 Å². The molecule has 1 fully saturated rings. The number of nitrogens with zero attached hydrogens (tertiary/aromatic N) is 3. The van der Waals surface area contributed by atoms with Gasteiger partial charge < -0.3 is 10.2 Å². The van der Waals surface area contributed by atoms with Crippen molar-refractivity contribution in [1.82, 2.24) is 15.3 Å². The van der Waals surface area contributed by atoms with E-state index in [2.05, 4.69) is 41.0 Å². The van der Waals surface area contributed by atoms with Crippen LogP contribution in [0.25, 0.3) is 0 Å². The molecule has 5 nitrogen and oxygen atoms in total. The van der Waals surface area contributed by atoms with Crippen LogP contribution in [0.5, 0.6) is 0 Å². The topological polar surface area (TPSA) is 58.1 Å². The first-order chi connectivity index (χ1) is 10.6. The normalized spacial score (nSPS) is 18.5. The molecule has 1 aliphatic rings. The first kappa shape index (κ1) is 16.7. The molecule has 0 radical (unpaired) electrons. The van der Waals surface area contributed by atoms with Crippen LogP contribution in [0.3, 0.4) is 0 Å². The molecule has 1 saturated heterocycles. The lowest BCUT2D eigenvalue weighted by Crippen LogP contribution is -2.39. The van der Waals surface area contributed by atoms with Gasteiger partial charge in [-0.05, 0) is 38.0 Å². The van der Waals surface area contributed by atoms with Crippen molar-refractivity contribution in [2.45, 2.75) is 58.9 Å². The Labute approximate surface area is 133 Å². The Kier molecular flexibility index (Phi) is 6.16. The summed E-state index contributed by atoms with van der Waals surface area (Å²) in [6.45, 7) is 8.22. The molecule has 5 heteroatoms. The average Bonchev–Trinajstić information content (AvgIpc) is 2.54. The van der Waals surface area contributed by atoms with Gasteiger partial charge in [0.1, 0.15) is 11.5 Å². The van der Waals surface area contributed by atoms with Crippen LogP contribution in [0.15, 0.2) is 12.4 Å². The van der Waals surface area contributed by atoms with Crippen molar-refractivity contribution in [3.8, 4) is 0 Å². The fraction of sp³-hybridized carbons (Fsp3) is 0.706. The lowest BCUT2D eigenvalue weighted by molar-refractivity contribution is 0.0946. The molecule has 2 heterocycles.